The lowest BCUT2D eigenvalue weighted by Crippen LogP contribution is -2.22. The van der Waals surface area contributed by atoms with E-state index in [-0.39, 0.29) is 5.56 Å². The number of thioether (sulfide) groups is 1. The van der Waals surface area contributed by atoms with Crippen molar-refractivity contribution in [3.8, 4) is 0 Å². The van der Waals surface area contributed by atoms with Crippen LogP contribution in [0.25, 0.3) is 10.2 Å². The SMILES string of the molecule is C=CCn1c(SCCOCC)nc2sccc2c1=O. The third-order valence-electron chi connectivity index (χ3n) is 2.52. The molecule has 0 amide bonds. The van der Waals surface area contributed by atoms with Gasteiger partial charge in [-0.2, -0.15) is 0 Å². The number of thiophene rings is 1. The van der Waals surface area contributed by atoms with Crippen molar-refractivity contribution in [2.45, 2.75) is 18.6 Å². The van der Waals surface area contributed by atoms with Crippen LogP contribution in [0.15, 0.2) is 34.1 Å². The molecule has 2 aromatic rings. The van der Waals surface area contributed by atoms with Gasteiger partial charge in [0.1, 0.15) is 4.83 Å². The van der Waals surface area contributed by atoms with Crippen molar-refractivity contribution in [1.82, 2.24) is 9.55 Å². The van der Waals surface area contributed by atoms with Gasteiger partial charge in [0.25, 0.3) is 5.56 Å². The van der Waals surface area contributed by atoms with E-state index in [0.717, 1.165) is 15.7 Å². The summed E-state index contributed by atoms with van der Waals surface area (Å²) in [6.07, 6.45) is 1.72. The second-order valence-corrected chi connectivity index (χ2v) is 5.74. The van der Waals surface area contributed by atoms with E-state index in [4.69, 9.17) is 4.74 Å². The molecule has 0 fully saturated rings. The molecule has 0 saturated carbocycles. The van der Waals surface area contributed by atoms with Crippen LogP contribution in [0.4, 0.5) is 0 Å². The van der Waals surface area contributed by atoms with Crippen LogP contribution >= 0.6 is 23.1 Å². The van der Waals surface area contributed by atoms with Gasteiger partial charge in [0.15, 0.2) is 5.16 Å². The first-order valence-electron chi connectivity index (χ1n) is 6.07. The highest BCUT2D eigenvalue weighted by atomic mass is 32.2. The highest BCUT2D eigenvalue weighted by Crippen LogP contribution is 2.21. The summed E-state index contributed by atoms with van der Waals surface area (Å²) in [5.41, 5.74) is 0.00469. The third-order valence-corrected chi connectivity index (χ3v) is 4.27. The molecule has 0 aliphatic heterocycles. The quantitative estimate of drug-likeness (QED) is 0.341. The van der Waals surface area contributed by atoms with Gasteiger partial charge < -0.3 is 4.74 Å². The minimum Gasteiger partial charge on any atom is -0.381 e. The van der Waals surface area contributed by atoms with E-state index in [1.807, 2.05) is 18.4 Å². The van der Waals surface area contributed by atoms with E-state index >= 15 is 0 Å². The molecule has 0 unspecified atom stereocenters. The standard InChI is InChI=1S/C13H16N2O2S2/c1-3-6-15-12(16)10-5-8-18-11(10)14-13(15)19-9-7-17-4-2/h3,5,8H,1,4,6-7,9H2,2H3. The first-order chi connectivity index (χ1) is 9.27. The van der Waals surface area contributed by atoms with Gasteiger partial charge >= 0.3 is 0 Å². The van der Waals surface area contributed by atoms with Gasteiger partial charge in [-0.15, -0.1) is 17.9 Å². The number of rotatable bonds is 7. The maximum atomic E-state index is 12.3. The lowest BCUT2D eigenvalue weighted by molar-refractivity contribution is 0.164. The Kier molecular flexibility index (Phi) is 5.18. The molecule has 0 radical (unpaired) electrons. The van der Waals surface area contributed by atoms with Crippen molar-refractivity contribution in [3.05, 3.63) is 34.5 Å². The Bertz CT molecular complexity index is 619. The lowest BCUT2D eigenvalue weighted by Gasteiger charge is -2.09. The molecule has 0 spiro atoms. The summed E-state index contributed by atoms with van der Waals surface area (Å²) in [6.45, 7) is 7.51. The predicted octanol–water partition coefficient (Wildman–Crippen LogP) is 2.77. The van der Waals surface area contributed by atoms with Crippen LogP contribution in [0.3, 0.4) is 0 Å². The zero-order valence-electron chi connectivity index (χ0n) is 10.8. The van der Waals surface area contributed by atoms with E-state index in [1.165, 1.54) is 11.3 Å². The number of hydrogen-bond acceptors (Lipinski definition) is 5. The van der Waals surface area contributed by atoms with Crippen molar-refractivity contribution in [2.24, 2.45) is 0 Å². The second-order valence-electron chi connectivity index (χ2n) is 3.78. The Morgan fingerprint density at radius 1 is 1.63 bits per heavy atom. The molecule has 2 rings (SSSR count). The summed E-state index contributed by atoms with van der Waals surface area (Å²) >= 11 is 3.04. The lowest BCUT2D eigenvalue weighted by atomic mass is 10.4. The van der Waals surface area contributed by atoms with Gasteiger partial charge in [0.05, 0.1) is 12.0 Å². The number of hydrogen-bond donors (Lipinski definition) is 0. The maximum absolute atomic E-state index is 12.3. The van der Waals surface area contributed by atoms with Crippen LogP contribution in [0.1, 0.15) is 6.92 Å². The molecule has 2 aromatic heterocycles. The van der Waals surface area contributed by atoms with Gasteiger partial charge in [-0.05, 0) is 18.4 Å². The summed E-state index contributed by atoms with van der Waals surface area (Å²) in [5, 5.41) is 3.31. The number of aromatic nitrogens is 2. The van der Waals surface area contributed by atoms with Crippen LogP contribution in [0.5, 0.6) is 0 Å². The third kappa shape index (κ3) is 3.26. The van der Waals surface area contributed by atoms with E-state index in [9.17, 15) is 4.79 Å². The topological polar surface area (TPSA) is 44.1 Å². The van der Waals surface area contributed by atoms with Gasteiger partial charge in [-0.3, -0.25) is 9.36 Å². The van der Waals surface area contributed by atoms with Crippen LogP contribution in [0.2, 0.25) is 0 Å². The largest absolute Gasteiger partial charge is 0.381 e. The first kappa shape index (κ1) is 14.3. The van der Waals surface area contributed by atoms with Gasteiger partial charge in [0.2, 0.25) is 0 Å². The Labute approximate surface area is 120 Å². The highest BCUT2D eigenvalue weighted by molar-refractivity contribution is 7.99. The smallest absolute Gasteiger partial charge is 0.263 e. The summed E-state index contributed by atoms with van der Waals surface area (Å²) in [6, 6.07) is 1.82. The minimum absolute atomic E-state index is 0.00469. The summed E-state index contributed by atoms with van der Waals surface area (Å²) in [7, 11) is 0. The zero-order valence-corrected chi connectivity index (χ0v) is 12.4. The molecule has 4 nitrogen and oxygen atoms in total. The van der Waals surface area contributed by atoms with E-state index < -0.39 is 0 Å². The number of allylic oxidation sites excluding steroid dienone is 1. The molecule has 0 N–H and O–H groups in total. The molecular formula is C13H16N2O2S2. The molecule has 0 atom stereocenters. The van der Waals surface area contributed by atoms with Crippen LogP contribution in [0, 0.1) is 0 Å². The zero-order chi connectivity index (χ0) is 13.7. The first-order valence-corrected chi connectivity index (χ1v) is 7.94. The number of nitrogens with zero attached hydrogens (tertiary/aromatic N) is 2. The van der Waals surface area contributed by atoms with E-state index in [2.05, 4.69) is 11.6 Å². The molecule has 2 heterocycles. The number of ether oxygens (including phenoxy) is 1. The Balaban J connectivity index is 2.31. The monoisotopic (exact) mass is 296 g/mol. The molecule has 0 aliphatic rings. The summed E-state index contributed by atoms with van der Waals surface area (Å²) < 4.78 is 6.97. The fraction of sp³-hybridized carbons (Fsp3) is 0.385. The summed E-state index contributed by atoms with van der Waals surface area (Å²) in [4.78, 5) is 17.7. The van der Waals surface area contributed by atoms with E-state index in [1.54, 1.807) is 22.4 Å². The highest BCUT2D eigenvalue weighted by Gasteiger charge is 2.11. The normalized spacial score (nSPS) is 11.0. The fourth-order valence-corrected chi connectivity index (χ4v) is 3.33. The van der Waals surface area contributed by atoms with E-state index in [0.29, 0.717) is 25.1 Å². The van der Waals surface area contributed by atoms with Gasteiger partial charge in [0, 0.05) is 18.9 Å². The summed E-state index contributed by atoms with van der Waals surface area (Å²) in [5.74, 6) is 0.786. The minimum atomic E-state index is 0.00469. The predicted molar refractivity (Wildman–Crippen MR) is 81.3 cm³/mol. The van der Waals surface area contributed by atoms with Gasteiger partial charge in [-0.25, -0.2) is 4.98 Å². The fourth-order valence-electron chi connectivity index (χ4n) is 1.67. The molecule has 102 valence electrons. The van der Waals surface area contributed by atoms with Crippen molar-refractivity contribution in [1.29, 1.82) is 0 Å². The molecule has 6 heteroatoms. The van der Waals surface area contributed by atoms with Crippen molar-refractivity contribution < 1.29 is 4.74 Å². The van der Waals surface area contributed by atoms with Crippen molar-refractivity contribution in [2.75, 3.05) is 19.0 Å². The average Bonchev–Trinajstić information content (AvgIpc) is 2.87. The molecule has 0 aliphatic carbocycles. The Morgan fingerprint density at radius 3 is 3.21 bits per heavy atom. The van der Waals surface area contributed by atoms with Gasteiger partial charge in [-0.1, -0.05) is 17.8 Å². The van der Waals surface area contributed by atoms with Crippen LogP contribution in [-0.4, -0.2) is 28.5 Å². The molecule has 0 bridgehead atoms. The van der Waals surface area contributed by atoms with Crippen molar-refractivity contribution in [3.63, 3.8) is 0 Å². The number of fused-ring (bicyclic) bond motifs is 1. The Morgan fingerprint density at radius 2 is 2.47 bits per heavy atom. The maximum Gasteiger partial charge on any atom is 0.263 e. The molecule has 19 heavy (non-hydrogen) atoms. The Hall–Kier alpha value is -1.11. The van der Waals surface area contributed by atoms with Crippen LogP contribution < -0.4 is 5.56 Å². The second kappa shape index (κ2) is 6.88. The van der Waals surface area contributed by atoms with Crippen molar-refractivity contribution >= 4 is 33.3 Å². The van der Waals surface area contributed by atoms with Crippen LogP contribution in [-0.2, 0) is 11.3 Å². The molecular weight excluding hydrogens is 280 g/mol. The average molecular weight is 296 g/mol. The molecule has 0 saturated heterocycles. The molecule has 0 aromatic carbocycles.